The molecule has 4 nitrogen and oxygen atoms in total. The average molecular weight is 219 g/mol. The number of amides is 1. The van der Waals surface area contributed by atoms with Crippen molar-refractivity contribution in [1.29, 1.82) is 0 Å². The molecule has 0 unspecified atom stereocenters. The van der Waals surface area contributed by atoms with Gasteiger partial charge in [-0.1, -0.05) is 19.9 Å². The highest BCUT2D eigenvalue weighted by molar-refractivity contribution is 5.93. The summed E-state index contributed by atoms with van der Waals surface area (Å²) in [5, 5.41) is 4.02. The first-order valence-corrected chi connectivity index (χ1v) is 5.34. The topological polar surface area (TPSA) is 54.4 Å². The summed E-state index contributed by atoms with van der Waals surface area (Å²) >= 11 is 0. The summed E-state index contributed by atoms with van der Waals surface area (Å²) in [7, 11) is 0. The molecule has 1 amide bonds. The van der Waals surface area contributed by atoms with Crippen LogP contribution in [0.15, 0.2) is 29.5 Å². The number of nitrogens with one attached hydrogen (secondary N) is 1. The molecule has 16 heavy (non-hydrogen) atoms. The maximum Gasteiger partial charge on any atom is 0.289 e. The Morgan fingerprint density at radius 1 is 1.50 bits per heavy atom. The molecule has 0 saturated heterocycles. The highest BCUT2D eigenvalue weighted by atomic mass is 16.2. The Bertz CT molecular complexity index is 371. The molecule has 0 aliphatic rings. The number of hydrogen-bond donors (Lipinski definition) is 1. The average Bonchev–Trinajstić information content (AvgIpc) is 2.26. The Balaban J connectivity index is 2.53. The summed E-state index contributed by atoms with van der Waals surface area (Å²) in [4.78, 5) is 15.5. The van der Waals surface area contributed by atoms with Gasteiger partial charge >= 0.3 is 0 Å². The van der Waals surface area contributed by atoms with Crippen molar-refractivity contribution in [1.82, 2.24) is 10.4 Å². The molecule has 0 radical (unpaired) electrons. The van der Waals surface area contributed by atoms with E-state index in [4.69, 9.17) is 0 Å². The molecule has 4 heteroatoms. The van der Waals surface area contributed by atoms with E-state index in [1.54, 1.807) is 24.4 Å². The first-order valence-electron chi connectivity index (χ1n) is 5.34. The Hall–Kier alpha value is -1.71. The number of nitrogens with zero attached hydrogens (tertiary/aromatic N) is 2. The first-order chi connectivity index (χ1) is 7.59. The molecule has 1 aromatic rings. The Labute approximate surface area is 95.8 Å². The fourth-order valence-electron chi connectivity index (χ4n) is 1.34. The molecule has 1 N–H and O–H groups in total. The number of rotatable bonds is 4. The van der Waals surface area contributed by atoms with Gasteiger partial charge in [0, 0.05) is 11.9 Å². The van der Waals surface area contributed by atoms with E-state index in [2.05, 4.69) is 29.4 Å². The molecule has 0 aliphatic carbocycles. The van der Waals surface area contributed by atoms with Gasteiger partial charge in [0.1, 0.15) is 5.69 Å². The van der Waals surface area contributed by atoms with Crippen LogP contribution in [0.25, 0.3) is 0 Å². The third-order valence-electron chi connectivity index (χ3n) is 1.95. The second-order valence-electron chi connectivity index (χ2n) is 4.10. The largest absolute Gasteiger partial charge is 0.289 e. The van der Waals surface area contributed by atoms with Crippen LogP contribution in [-0.2, 0) is 0 Å². The normalized spacial score (nSPS) is 11.6. The molecule has 0 aromatic carbocycles. The van der Waals surface area contributed by atoms with Gasteiger partial charge in [0.05, 0.1) is 0 Å². The molecule has 0 aliphatic heterocycles. The quantitative estimate of drug-likeness (QED) is 0.623. The van der Waals surface area contributed by atoms with Crippen molar-refractivity contribution >= 4 is 11.6 Å². The maximum absolute atomic E-state index is 11.6. The fraction of sp³-hybridized carbons (Fsp3) is 0.417. The molecule has 0 fully saturated rings. The van der Waals surface area contributed by atoms with Crippen LogP contribution >= 0.6 is 0 Å². The maximum atomic E-state index is 11.6. The zero-order valence-corrected chi connectivity index (χ0v) is 9.90. The summed E-state index contributed by atoms with van der Waals surface area (Å²) < 4.78 is 0. The summed E-state index contributed by atoms with van der Waals surface area (Å²) in [6.07, 6.45) is 2.46. The summed E-state index contributed by atoms with van der Waals surface area (Å²) in [6, 6.07) is 5.19. The van der Waals surface area contributed by atoms with Gasteiger partial charge in [-0.15, -0.1) is 0 Å². The molecular weight excluding hydrogens is 202 g/mol. The Kier molecular flexibility index (Phi) is 4.64. The van der Waals surface area contributed by atoms with Crippen molar-refractivity contribution in [3.8, 4) is 0 Å². The lowest BCUT2D eigenvalue weighted by molar-refractivity contribution is 0.0949. The number of aromatic nitrogens is 1. The van der Waals surface area contributed by atoms with Gasteiger partial charge in [-0.05, 0) is 31.4 Å². The number of hydrogen-bond acceptors (Lipinski definition) is 3. The highest BCUT2D eigenvalue weighted by Gasteiger charge is 2.04. The SMILES string of the molecule is C/C(CC(C)C)=N\NC(=O)c1ccccn1. The minimum absolute atomic E-state index is 0.274. The first kappa shape index (κ1) is 12.4. The van der Waals surface area contributed by atoms with Gasteiger partial charge in [0.15, 0.2) is 0 Å². The Morgan fingerprint density at radius 3 is 2.81 bits per heavy atom. The van der Waals surface area contributed by atoms with Crippen LogP contribution in [0.2, 0.25) is 0 Å². The van der Waals surface area contributed by atoms with E-state index >= 15 is 0 Å². The van der Waals surface area contributed by atoms with E-state index < -0.39 is 0 Å². The molecule has 86 valence electrons. The van der Waals surface area contributed by atoms with E-state index in [0.717, 1.165) is 12.1 Å². The van der Waals surface area contributed by atoms with Gasteiger partial charge in [0.2, 0.25) is 0 Å². The molecule has 1 heterocycles. The van der Waals surface area contributed by atoms with E-state index in [-0.39, 0.29) is 5.91 Å². The summed E-state index contributed by atoms with van der Waals surface area (Å²) in [5.74, 6) is 0.263. The molecule has 1 rings (SSSR count). The second-order valence-corrected chi connectivity index (χ2v) is 4.10. The number of hydrazone groups is 1. The van der Waals surface area contributed by atoms with E-state index in [1.165, 1.54) is 0 Å². The number of pyridine rings is 1. The lowest BCUT2D eigenvalue weighted by atomic mass is 10.1. The van der Waals surface area contributed by atoms with Crippen LogP contribution in [0, 0.1) is 5.92 Å². The molecule has 1 aromatic heterocycles. The standard InChI is InChI=1S/C12H17N3O/c1-9(2)8-10(3)14-15-12(16)11-6-4-5-7-13-11/h4-7,9H,8H2,1-3H3,(H,15,16)/b14-10+. The van der Waals surface area contributed by atoms with Crippen molar-refractivity contribution in [2.24, 2.45) is 11.0 Å². The molecule has 0 atom stereocenters. The van der Waals surface area contributed by atoms with Crippen molar-refractivity contribution in [2.75, 3.05) is 0 Å². The van der Waals surface area contributed by atoms with Crippen LogP contribution in [0.4, 0.5) is 0 Å². The van der Waals surface area contributed by atoms with E-state index in [9.17, 15) is 4.79 Å². The summed E-state index contributed by atoms with van der Waals surface area (Å²) in [5.41, 5.74) is 3.78. The van der Waals surface area contributed by atoms with Gasteiger partial charge in [-0.25, -0.2) is 5.43 Å². The fourth-order valence-corrected chi connectivity index (χ4v) is 1.34. The van der Waals surface area contributed by atoms with Crippen molar-refractivity contribution in [2.45, 2.75) is 27.2 Å². The zero-order chi connectivity index (χ0) is 12.0. The lowest BCUT2D eigenvalue weighted by Gasteiger charge is -2.04. The van der Waals surface area contributed by atoms with Gasteiger partial charge in [-0.3, -0.25) is 9.78 Å². The van der Waals surface area contributed by atoms with Crippen molar-refractivity contribution in [3.05, 3.63) is 30.1 Å². The number of carbonyl (C=O) groups is 1. The predicted molar refractivity (Wildman–Crippen MR) is 64.3 cm³/mol. The van der Waals surface area contributed by atoms with Crippen LogP contribution in [0.3, 0.4) is 0 Å². The van der Waals surface area contributed by atoms with Crippen LogP contribution in [0.5, 0.6) is 0 Å². The van der Waals surface area contributed by atoms with Crippen LogP contribution in [0.1, 0.15) is 37.7 Å². The Morgan fingerprint density at radius 2 is 2.25 bits per heavy atom. The summed E-state index contributed by atoms with van der Waals surface area (Å²) in [6.45, 7) is 6.12. The second kappa shape index (κ2) is 6.00. The minimum Gasteiger partial charge on any atom is -0.266 e. The molecule has 0 bridgehead atoms. The monoisotopic (exact) mass is 219 g/mol. The molecule has 0 saturated carbocycles. The third kappa shape index (κ3) is 4.21. The smallest absolute Gasteiger partial charge is 0.266 e. The number of carbonyl (C=O) groups excluding carboxylic acids is 1. The van der Waals surface area contributed by atoms with Crippen LogP contribution < -0.4 is 5.43 Å². The predicted octanol–water partition coefficient (Wildman–Crippen LogP) is 2.23. The third-order valence-corrected chi connectivity index (χ3v) is 1.95. The van der Waals surface area contributed by atoms with E-state index in [0.29, 0.717) is 11.6 Å². The molecular formula is C12H17N3O. The van der Waals surface area contributed by atoms with Crippen LogP contribution in [-0.4, -0.2) is 16.6 Å². The van der Waals surface area contributed by atoms with Gasteiger partial charge < -0.3 is 0 Å². The lowest BCUT2D eigenvalue weighted by Crippen LogP contribution is -2.20. The van der Waals surface area contributed by atoms with Gasteiger partial charge in [0.25, 0.3) is 5.91 Å². The van der Waals surface area contributed by atoms with Crippen molar-refractivity contribution in [3.63, 3.8) is 0 Å². The highest BCUT2D eigenvalue weighted by Crippen LogP contribution is 2.00. The van der Waals surface area contributed by atoms with Crippen molar-refractivity contribution < 1.29 is 4.79 Å². The van der Waals surface area contributed by atoms with E-state index in [1.807, 2.05) is 6.92 Å². The zero-order valence-electron chi connectivity index (χ0n) is 9.90. The minimum atomic E-state index is -0.274. The molecule has 0 spiro atoms. The van der Waals surface area contributed by atoms with Gasteiger partial charge in [-0.2, -0.15) is 5.10 Å².